The van der Waals surface area contributed by atoms with E-state index in [1.807, 2.05) is 0 Å². The lowest BCUT2D eigenvalue weighted by atomic mass is 10.1. The molecule has 0 bridgehead atoms. The number of nitrogens with zero attached hydrogens (tertiary/aromatic N) is 2. The summed E-state index contributed by atoms with van der Waals surface area (Å²) in [6.45, 7) is 4.40. The number of fused-ring (bicyclic) bond motifs is 1. The molecular formula is C23H25Cl2N3O5S. The number of amides is 3. The third-order valence-electron chi connectivity index (χ3n) is 5.40. The number of carbonyl (C=O) groups is 3. The van der Waals surface area contributed by atoms with Crippen LogP contribution < -0.4 is 5.32 Å². The van der Waals surface area contributed by atoms with E-state index in [9.17, 15) is 22.8 Å². The molecule has 0 fully saturated rings. The van der Waals surface area contributed by atoms with Crippen LogP contribution in [-0.4, -0.2) is 54.0 Å². The van der Waals surface area contributed by atoms with Gasteiger partial charge in [0.2, 0.25) is 11.8 Å². The lowest BCUT2D eigenvalue weighted by Crippen LogP contribution is -2.53. The number of halogens is 2. The summed E-state index contributed by atoms with van der Waals surface area (Å²) in [5.41, 5.74) is 0.412. The molecule has 0 unspecified atom stereocenters. The van der Waals surface area contributed by atoms with Crippen LogP contribution in [0.2, 0.25) is 10.0 Å². The van der Waals surface area contributed by atoms with Crippen molar-refractivity contribution in [3.05, 3.63) is 63.6 Å². The fourth-order valence-electron chi connectivity index (χ4n) is 3.75. The molecule has 182 valence electrons. The van der Waals surface area contributed by atoms with Crippen molar-refractivity contribution in [2.24, 2.45) is 0 Å². The first kappa shape index (κ1) is 26.0. The summed E-state index contributed by atoms with van der Waals surface area (Å²) in [5, 5.41) is 3.37. The molecule has 3 amide bonds. The number of benzene rings is 2. The Morgan fingerprint density at radius 1 is 1.06 bits per heavy atom. The van der Waals surface area contributed by atoms with Crippen LogP contribution in [0.25, 0.3) is 0 Å². The highest BCUT2D eigenvalue weighted by atomic mass is 35.5. The van der Waals surface area contributed by atoms with Crippen molar-refractivity contribution in [1.29, 1.82) is 0 Å². The lowest BCUT2D eigenvalue weighted by Gasteiger charge is -2.32. The largest absolute Gasteiger partial charge is 0.352 e. The summed E-state index contributed by atoms with van der Waals surface area (Å²) < 4.78 is 26.4. The van der Waals surface area contributed by atoms with Crippen molar-refractivity contribution >= 4 is 50.9 Å². The van der Waals surface area contributed by atoms with Gasteiger partial charge < -0.3 is 10.2 Å². The fourth-order valence-corrected chi connectivity index (χ4v) is 5.79. The van der Waals surface area contributed by atoms with Gasteiger partial charge in [-0.2, -0.15) is 0 Å². The molecule has 0 saturated carbocycles. The van der Waals surface area contributed by atoms with Crippen molar-refractivity contribution in [2.75, 3.05) is 6.54 Å². The highest BCUT2D eigenvalue weighted by molar-refractivity contribution is 7.90. The Labute approximate surface area is 208 Å². The number of rotatable bonds is 8. The molecule has 34 heavy (non-hydrogen) atoms. The molecule has 2 aromatic rings. The number of hydrogen-bond donors (Lipinski definition) is 1. The zero-order valence-electron chi connectivity index (χ0n) is 18.9. The third kappa shape index (κ3) is 5.06. The van der Waals surface area contributed by atoms with E-state index >= 15 is 0 Å². The van der Waals surface area contributed by atoms with Gasteiger partial charge in [-0.05, 0) is 44.5 Å². The van der Waals surface area contributed by atoms with Crippen molar-refractivity contribution in [3.8, 4) is 0 Å². The monoisotopic (exact) mass is 525 g/mol. The maximum atomic E-state index is 13.5. The molecule has 8 nitrogen and oxygen atoms in total. The summed E-state index contributed by atoms with van der Waals surface area (Å²) in [6.07, 6.45) is 0.243. The molecule has 0 aliphatic carbocycles. The van der Waals surface area contributed by atoms with Gasteiger partial charge >= 0.3 is 0 Å². The molecule has 1 atom stereocenters. The Bertz CT molecular complexity index is 1210. The van der Waals surface area contributed by atoms with Crippen molar-refractivity contribution < 1.29 is 22.8 Å². The van der Waals surface area contributed by atoms with Gasteiger partial charge in [-0.1, -0.05) is 48.3 Å². The molecule has 0 radical (unpaired) electrons. The van der Waals surface area contributed by atoms with Crippen LogP contribution in [0.3, 0.4) is 0 Å². The van der Waals surface area contributed by atoms with Crippen molar-refractivity contribution in [2.45, 2.75) is 50.7 Å². The summed E-state index contributed by atoms with van der Waals surface area (Å²) in [5.74, 6) is -1.93. The predicted octanol–water partition coefficient (Wildman–Crippen LogP) is 3.47. The summed E-state index contributed by atoms with van der Waals surface area (Å²) in [6, 6.07) is 9.50. The van der Waals surface area contributed by atoms with Crippen LogP contribution in [0, 0.1) is 0 Å². The Morgan fingerprint density at radius 2 is 1.68 bits per heavy atom. The van der Waals surface area contributed by atoms with E-state index in [0.29, 0.717) is 19.9 Å². The van der Waals surface area contributed by atoms with E-state index in [2.05, 4.69) is 5.32 Å². The summed E-state index contributed by atoms with van der Waals surface area (Å²) in [7, 11) is -4.20. The minimum Gasteiger partial charge on any atom is -0.352 e. The predicted molar refractivity (Wildman–Crippen MR) is 129 cm³/mol. The van der Waals surface area contributed by atoms with Crippen LogP contribution in [0.4, 0.5) is 0 Å². The van der Waals surface area contributed by atoms with Crippen LogP contribution >= 0.6 is 23.2 Å². The second-order valence-corrected chi connectivity index (χ2v) is 10.8. The Hall–Kier alpha value is -2.62. The maximum absolute atomic E-state index is 13.5. The minimum atomic E-state index is -4.20. The Kier molecular flexibility index (Phi) is 7.90. The molecular weight excluding hydrogens is 501 g/mol. The van der Waals surface area contributed by atoms with Gasteiger partial charge in [0.15, 0.2) is 0 Å². The molecule has 3 rings (SSSR count). The van der Waals surface area contributed by atoms with E-state index < -0.39 is 40.3 Å². The molecule has 0 aromatic heterocycles. The normalized spacial score (nSPS) is 15.2. The van der Waals surface area contributed by atoms with Gasteiger partial charge in [0.1, 0.15) is 17.5 Å². The molecule has 1 aliphatic rings. The number of hydrogen-bond acceptors (Lipinski definition) is 5. The highest BCUT2D eigenvalue weighted by Gasteiger charge is 2.43. The number of nitrogens with one attached hydrogen (secondary N) is 1. The standard InChI is InChI=1S/C23H25Cl2N3O5S/c1-4-19(22(30)26-14(2)3)27(12-16-17(24)9-7-10-18(16)25)21(29)13-28-23(31)15-8-5-6-11-20(15)34(28,32)33/h5-11,14,19H,4,12-13H2,1-3H3,(H,26,30)/t19-/m1/s1. The summed E-state index contributed by atoms with van der Waals surface area (Å²) >= 11 is 12.6. The molecule has 2 aromatic carbocycles. The Morgan fingerprint density at radius 3 is 2.24 bits per heavy atom. The quantitative estimate of drug-likeness (QED) is 0.568. The summed E-state index contributed by atoms with van der Waals surface area (Å²) in [4.78, 5) is 40.3. The first-order valence-corrected chi connectivity index (χ1v) is 12.9. The molecule has 1 N–H and O–H groups in total. The molecule has 1 heterocycles. The zero-order chi connectivity index (χ0) is 25.2. The second-order valence-electron chi connectivity index (χ2n) is 8.12. The van der Waals surface area contributed by atoms with Gasteiger partial charge in [-0.15, -0.1) is 0 Å². The molecule has 11 heteroatoms. The van der Waals surface area contributed by atoms with E-state index in [0.717, 1.165) is 0 Å². The molecule has 0 spiro atoms. The number of carbonyl (C=O) groups excluding carboxylic acids is 3. The van der Waals surface area contributed by atoms with Crippen LogP contribution in [0.1, 0.15) is 43.1 Å². The average Bonchev–Trinajstić information content (AvgIpc) is 2.96. The molecule has 0 saturated heterocycles. The van der Waals surface area contributed by atoms with E-state index in [-0.39, 0.29) is 29.5 Å². The SMILES string of the molecule is CC[C@H](C(=O)NC(C)C)N(Cc1c(Cl)cccc1Cl)C(=O)CN1C(=O)c2ccccc2S1(=O)=O. The van der Waals surface area contributed by atoms with Gasteiger partial charge in [0.25, 0.3) is 15.9 Å². The Balaban J connectivity index is 1.98. The van der Waals surface area contributed by atoms with Crippen LogP contribution in [0.5, 0.6) is 0 Å². The second kappa shape index (κ2) is 10.3. The van der Waals surface area contributed by atoms with Gasteiger partial charge in [-0.25, -0.2) is 12.7 Å². The van der Waals surface area contributed by atoms with Crippen LogP contribution in [0.15, 0.2) is 47.4 Å². The third-order valence-corrected chi connectivity index (χ3v) is 7.89. The fraction of sp³-hybridized carbons (Fsp3) is 0.348. The van der Waals surface area contributed by atoms with Crippen LogP contribution in [-0.2, 0) is 26.2 Å². The minimum absolute atomic E-state index is 0.000547. The number of sulfonamides is 1. The first-order valence-electron chi connectivity index (χ1n) is 10.7. The van der Waals surface area contributed by atoms with Gasteiger partial charge in [0.05, 0.1) is 5.56 Å². The first-order chi connectivity index (χ1) is 16.0. The van der Waals surface area contributed by atoms with E-state index in [1.165, 1.54) is 23.1 Å². The van der Waals surface area contributed by atoms with E-state index in [1.54, 1.807) is 45.0 Å². The van der Waals surface area contributed by atoms with E-state index in [4.69, 9.17) is 23.2 Å². The van der Waals surface area contributed by atoms with Crippen molar-refractivity contribution in [1.82, 2.24) is 14.5 Å². The van der Waals surface area contributed by atoms with Gasteiger partial charge in [0, 0.05) is 28.2 Å². The zero-order valence-corrected chi connectivity index (χ0v) is 21.2. The van der Waals surface area contributed by atoms with Gasteiger partial charge in [-0.3, -0.25) is 14.4 Å². The topological polar surface area (TPSA) is 104 Å². The molecule has 1 aliphatic heterocycles. The maximum Gasteiger partial charge on any atom is 0.269 e. The lowest BCUT2D eigenvalue weighted by molar-refractivity contribution is -0.141. The average molecular weight is 526 g/mol. The highest BCUT2D eigenvalue weighted by Crippen LogP contribution is 2.31. The smallest absolute Gasteiger partial charge is 0.269 e. The van der Waals surface area contributed by atoms with Crippen molar-refractivity contribution in [3.63, 3.8) is 0 Å².